The lowest BCUT2D eigenvalue weighted by Crippen LogP contribution is -2.49. The second-order valence-electron chi connectivity index (χ2n) is 8.63. The third kappa shape index (κ3) is 7.10. The normalized spacial score (nSPS) is 14.3. The van der Waals surface area contributed by atoms with Crippen molar-refractivity contribution >= 4 is 23.2 Å². The number of aryl methyl sites for hydroxylation is 1. The van der Waals surface area contributed by atoms with Crippen molar-refractivity contribution in [2.45, 2.75) is 20.3 Å². The Labute approximate surface area is 207 Å². The van der Waals surface area contributed by atoms with Gasteiger partial charge in [-0.2, -0.15) is 0 Å². The molecule has 0 saturated carbocycles. The van der Waals surface area contributed by atoms with Crippen molar-refractivity contribution in [3.63, 3.8) is 0 Å². The number of carbonyl (C=O) groups excluding carboxylic acids is 2. The van der Waals surface area contributed by atoms with E-state index in [1.165, 1.54) is 21.3 Å². The van der Waals surface area contributed by atoms with E-state index >= 15 is 0 Å². The van der Waals surface area contributed by atoms with Crippen LogP contribution in [-0.2, 0) is 9.59 Å². The molecule has 190 valence electrons. The average molecular weight is 485 g/mol. The summed E-state index contributed by atoms with van der Waals surface area (Å²) in [5.74, 6) is 1.36. The smallest absolute Gasteiger partial charge is 0.238 e. The number of carbonyl (C=O) groups is 2. The molecule has 1 heterocycles. The SMILES string of the molecule is COc1cc(NC(=O)CCN2CCN(CC(=O)Nc3cccc(C)c3C)CC2)cc(OC)c1OC. The molecule has 0 aromatic heterocycles. The number of hydrogen-bond acceptors (Lipinski definition) is 7. The Kier molecular flexibility index (Phi) is 9.33. The van der Waals surface area contributed by atoms with Crippen LogP contribution in [-0.4, -0.2) is 82.2 Å². The lowest BCUT2D eigenvalue weighted by Gasteiger charge is -2.34. The van der Waals surface area contributed by atoms with Gasteiger partial charge in [-0.3, -0.25) is 14.5 Å². The highest BCUT2D eigenvalue weighted by Crippen LogP contribution is 2.39. The number of hydrogen-bond donors (Lipinski definition) is 2. The van der Waals surface area contributed by atoms with Gasteiger partial charge in [0.2, 0.25) is 17.6 Å². The Bertz CT molecular complexity index is 1010. The molecule has 35 heavy (non-hydrogen) atoms. The number of rotatable bonds is 10. The molecule has 2 aromatic carbocycles. The van der Waals surface area contributed by atoms with Crippen molar-refractivity contribution in [1.82, 2.24) is 9.80 Å². The van der Waals surface area contributed by atoms with Crippen LogP contribution in [0.15, 0.2) is 30.3 Å². The van der Waals surface area contributed by atoms with E-state index in [4.69, 9.17) is 14.2 Å². The predicted molar refractivity (Wildman–Crippen MR) is 137 cm³/mol. The highest BCUT2D eigenvalue weighted by Gasteiger charge is 2.20. The van der Waals surface area contributed by atoms with Crippen molar-refractivity contribution in [2.24, 2.45) is 0 Å². The van der Waals surface area contributed by atoms with Crippen LogP contribution in [0.4, 0.5) is 11.4 Å². The molecule has 0 unspecified atom stereocenters. The Morgan fingerprint density at radius 1 is 0.857 bits per heavy atom. The summed E-state index contributed by atoms with van der Waals surface area (Å²) in [6.07, 6.45) is 0.365. The van der Waals surface area contributed by atoms with E-state index in [1.807, 2.05) is 32.0 Å². The number of nitrogens with zero attached hydrogens (tertiary/aromatic N) is 2. The predicted octanol–water partition coefficient (Wildman–Crippen LogP) is 2.91. The van der Waals surface area contributed by atoms with Crippen molar-refractivity contribution in [3.8, 4) is 17.2 Å². The van der Waals surface area contributed by atoms with Gasteiger partial charge in [0.25, 0.3) is 0 Å². The van der Waals surface area contributed by atoms with E-state index in [9.17, 15) is 9.59 Å². The summed E-state index contributed by atoms with van der Waals surface area (Å²) in [5.41, 5.74) is 3.71. The van der Waals surface area contributed by atoms with Gasteiger partial charge in [-0.05, 0) is 31.0 Å². The lowest BCUT2D eigenvalue weighted by atomic mass is 10.1. The molecular weight excluding hydrogens is 448 g/mol. The maximum atomic E-state index is 12.5. The van der Waals surface area contributed by atoms with Gasteiger partial charge in [-0.1, -0.05) is 12.1 Å². The van der Waals surface area contributed by atoms with E-state index < -0.39 is 0 Å². The van der Waals surface area contributed by atoms with Crippen LogP contribution >= 0.6 is 0 Å². The minimum Gasteiger partial charge on any atom is -0.493 e. The lowest BCUT2D eigenvalue weighted by molar-refractivity contribution is -0.117. The summed E-state index contributed by atoms with van der Waals surface area (Å²) in [7, 11) is 4.61. The molecule has 0 aliphatic carbocycles. The van der Waals surface area contributed by atoms with Crippen LogP contribution in [0.2, 0.25) is 0 Å². The van der Waals surface area contributed by atoms with Gasteiger partial charge in [-0.15, -0.1) is 0 Å². The first-order valence-corrected chi connectivity index (χ1v) is 11.7. The molecular formula is C26H36N4O5. The van der Waals surface area contributed by atoms with Crippen LogP contribution in [0.25, 0.3) is 0 Å². The second-order valence-corrected chi connectivity index (χ2v) is 8.63. The van der Waals surface area contributed by atoms with E-state index in [0.29, 0.717) is 42.4 Å². The third-order valence-corrected chi connectivity index (χ3v) is 6.31. The van der Waals surface area contributed by atoms with Gasteiger partial charge in [0, 0.05) is 62.7 Å². The fraction of sp³-hybridized carbons (Fsp3) is 0.462. The molecule has 1 aliphatic rings. The first kappa shape index (κ1) is 26.3. The molecule has 1 aliphatic heterocycles. The second kappa shape index (κ2) is 12.4. The zero-order valence-electron chi connectivity index (χ0n) is 21.3. The third-order valence-electron chi connectivity index (χ3n) is 6.31. The summed E-state index contributed by atoms with van der Waals surface area (Å²) in [5, 5.41) is 5.93. The largest absolute Gasteiger partial charge is 0.493 e. The Balaban J connectivity index is 1.42. The zero-order chi connectivity index (χ0) is 25.4. The van der Waals surface area contributed by atoms with E-state index in [0.717, 1.165) is 43.0 Å². The molecule has 2 amide bonds. The summed E-state index contributed by atoms with van der Waals surface area (Å²) >= 11 is 0. The summed E-state index contributed by atoms with van der Waals surface area (Å²) in [6.45, 7) is 8.27. The van der Waals surface area contributed by atoms with Crippen molar-refractivity contribution < 1.29 is 23.8 Å². The minimum absolute atomic E-state index is 0.00289. The molecule has 2 N–H and O–H groups in total. The first-order chi connectivity index (χ1) is 16.8. The number of benzene rings is 2. The van der Waals surface area contributed by atoms with Crippen LogP contribution in [0.5, 0.6) is 17.2 Å². The van der Waals surface area contributed by atoms with Gasteiger partial charge in [-0.25, -0.2) is 0 Å². The van der Waals surface area contributed by atoms with E-state index in [2.05, 4.69) is 20.4 Å². The molecule has 2 aromatic rings. The van der Waals surface area contributed by atoms with Crippen molar-refractivity contribution in [1.29, 1.82) is 0 Å². The Hall–Kier alpha value is -3.30. The number of nitrogens with one attached hydrogen (secondary N) is 2. The summed E-state index contributed by atoms with van der Waals surface area (Å²) in [4.78, 5) is 29.4. The maximum Gasteiger partial charge on any atom is 0.238 e. The molecule has 9 nitrogen and oxygen atoms in total. The molecule has 1 fully saturated rings. The molecule has 0 spiro atoms. The van der Waals surface area contributed by atoms with E-state index in [-0.39, 0.29) is 11.8 Å². The highest BCUT2D eigenvalue weighted by molar-refractivity contribution is 5.93. The van der Waals surface area contributed by atoms with Gasteiger partial charge >= 0.3 is 0 Å². The number of ether oxygens (including phenoxy) is 3. The van der Waals surface area contributed by atoms with Crippen LogP contribution in [0, 0.1) is 13.8 Å². The van der Waals surface area contributed by atoms with E-state index in [1.54, 1.807) is 12.1 Å². The van der Waals surface area contributed by atoms with Crippen LogP contribution < -0.4 is 24.8 Å². The molecule has 0 bridgehead atoms. The van der Waals surface area contributed by atoms with Crippen molar-refractivity contribution in [2.75, 3.05) is 71.2 Å². The topological polar surface area (TPSA) is 92.4 Å². The van der Waals surface area contributed by atoms with Gasteiger partial charge in [0.05, 0.1) is 27.9 Å². The fourth-order valence-electron chi connectivity index (χ4n) is 4.09. The summed E-state index contributed by atoms with van der Waals surface area (Å²) in [6, 6.07) is 9.34. The maximum absolute atomic E-state index is 12.5. The fourth-order valence-corrected chi connectivity index (χ4v) is 4.09. The first-order valence-electron chi connectivity index (χ1n) is 11.7. The van der Waals surface area contributed by atoms with Gasteiger partial charge in [0.15, 0.2) is 11.5 Å². The number of methoxy groups -OCH3 is 3. The molecule has 9 heteroatoms. The quantitative estimate of drug-likeness (QED) is 0.536. The Morgan fingerprint density at radius 2 is 1.49 bits per heavy atom. The van der Waals surface area contributed by atoms with Crippen molar-refractivity contribution in [3.05, 3.63) is 41.5 Å². The van der Waals surface area contributed by atoms with Crippen LogP contribution in [0.3, 0.4) is 0 Å². The molecule has 1 saturated heterocycles. The standard InChI is InChI=1S/C26H36N4O5/c1-18-7-6-8-21(19(18)2)28-25(32)17-30-13-11-29(12-14-30)10-9-24(31)27-20-15-22(33-3)26(35-5)23(16-20)34-4/h6-8,15-16H,9-14,17H2,1-5H3,(H,27,31)(H,28,32). The average Bonchev–Trinajstić information content (AvgIpc) is 2.85. The van der Waals surface area contributed by atoms with Gasteiger partial charge in [0.1, 0.15) is 0 Å². The zero-order valence-corrected chi connectivity index (χ0v) is 21.3. The highest BCUT2D eigenvalue weighted by atomic mass is 16.5. The Morgan fingerprint density at radius 3 is 2.09 bits per heavy atom. The van der Waals surface area contributed by atoms with Gasteiger partial charge < -0.3 is 29.7 Å². The van der Waals surface area contributed by atoms with Crippen LogP contribution in [0.1, 0.15) is 17.5 Å². The minimum atomic E-state index is -0.0883. The number of anilines is 2. The number of piperazine rings is 1. The number of amides is 2. The molecule has 0 atom stereocenters. The monoisotopic (exact) mass is 484 g/mol. The molecule has 3 rings (SSSR count). The summed E-state index contributed by atoms with van der Waals surface area (Å²) < 4.78 is 16.0. The molecule has 0 radical (unpaired) electrons.